The molecule has 1 fully saturated rings. The number of ether oxygens (including phenoxy) is 1. The molecular weight excluding hydrogens is 316 g/mol. The second kappa shape index (κ2) is 8.27. The lowest BCUT2D eigenvalue weighted by Crippen LogP contribution is -2.40. The Morgan fingerprint density at radius 2 is 1.83 bits per heavy atom. The number of thiocarbonyl (C=S) groups is 1. The van der Waals surface area contributed by atoms with Crippen LogP contribution in [0, 0.1) is 0 Å². The van der Waals surface area contributed by atoms with Crippen molar-refractivity contribution in [1.29, 1.82) is 0 Å². The molecule has 0 amide bonds. The Morgan fingerprint density at radius 3 is 2.50 bits per heavy atom. The van der Waals surface area contributed by atoms with E-state index < -0.39 is 0 Å². The molecule has 1 heterocycles. The molecule has 1 saturated heterocycles. The smallest absolute Gasteiger partial charge is 0.166 e. The third-order valence-corrected chi connectivity index (χ3v) is 4.64. The molecule has 24 heavy (non-hydrogen) atoms. The van der Waals surface area contributed by atoms with Gasteiger partial charge in [0.05, 0.1) is 12.1 Å². The number of rotatable bonds is 5. The molecule has 0 aliphatic carbocycles. The van der Waals surface area contributed by atoms with E-state index in [1.807, 2.05) is 6.07 Å². The van der Waals surface area contributed by atoms with E-state index in [9.17, 15) is 0 Å². The van der Waals surface area contributed by atoms with E-state index in [2.05, 4.69) is 66.1 Å². The lowest BCUT2D eigenvalue weighted by molar-refractivity contribution is 0.114. The molecule has 3 nitrogen and oxygen atoms in total. The van der Waals surface area contributed by atoms with Crippen LogP contribution in [-0.2, 0) is 4.74 Å². The molecule has 0 saturated carbocycles. The fourth-order valence-corrected chi connectivity index (χ4v) is 3.20. The van der Waals surface area contributed by atoms with Crippen LogP contribution in [0.25, 0.3) is 11.1 Å². The molecule has 1 aliphatic heterocycles. The molecular formula is C20H24N2OS. The van der Waals surface area contributed by atoms with Gasteiger partial charge in [0.15, 0.2) is 5.11 Å². The van der Waals surface area contributed by atoms with Crippen molar-refractivity contribution in [3.05, 3.63) is 60.2 Å². The summed E-state index contributed by atoms with van der Waals surface area (Å²) >= 11 is 5.39. The van der Waals surface area contributed by atoms with E-state index in [1.165, 1.54) is 16.7 Å². The van der Waals surface area contributed by atoms with Crippen molar-refractivity contribution in [2.24, 2.45) is 0 Å². The van der Waals surface area contributed by atoms with Crippen molar-refractivity contribution in [3.8, 4) is 11.1 Å². The second-order valence-corrected chi connectivity index (χ2v) is 6.61. The SMILES string of the molecule is C[C@@H](NC(=S)NC[C@@H]1CCCO1)c1ccc(-c2ccccc2)cc1. The van der Waals surface area contributed by atoms with Gasteiger partial charge in [0.2, 0.25) is 0 Å². The average molecular weight is 340 g/mol. The zero-order valence-corrected chi connectivity index (χ0v) is 14.8. The monoisotopic (exact) mass is 340 g/mol. The van der Waals surface area contributed by atoms with Gasteiger partial charge in [0, 0.05) is 13.2 Å². The number of benzene rings is 2. The predicted octanol–water partition coefficient (Wildman–Crippen LogP) is 4.06. The summed E-state index contributed by atoms with van der Waals surface area (Å²) in [7, 11) is 0. The summed E-state index contributed by atoms with van der Waals surface area (Å²) in [5, 5.41) is 7.29. The van der Waals surface area contributed by atoms with Crippen molar-refractivity contribution in [2.45, 2.75) is 31.9 Å². The summed E-state index contributed by atoms with van der Waals surface area (Å²) in [4.78, 5) is 0. The molecule has 2 aromatic carbocycles. The van der Waals surface area contributed by atoms with Gasteiger partial charge in [-0.2, -0.15) is 0 Å². The number of nitrogens with one attached hydrogen (secondary N) is 2. The highest BCUT2D eigenvalue weighted by Gasteiger charge is 2.15. The van der Waals surface area contributed by atoms with E-state index in [1.54, 1.807) is 0 Å². The Bertz CT molecular complexity index is 651. The quantitative estimate of drug-likeness (QED) is 0.804. The highest BCUT2D eigenvalue weighted by molar-refractivity contribution is 7.80. The second-order valence-electron chi connectivity index (χ2n) is 6.20. The maximum Gasteiger partial charge on any atom is 0.166 e. The van der Waals surface area contributed by atoms with Crippen LogP contribution < -0.4 is 10.6 Å². The summed E-state index contributed by atoms with van der Waals surface area (Å²) in [6.07, 6.45) is 2.56. The summed E-state index contributed by atoms with van der Waals surface area (Å²) < 4.78 is 5.60. The molecule has 0 aromatic heterocycles. The first-order valence-corrected chi connectivity index (χ1v) is 8.94. The zero-order chi connectivity index (χ0) is 16.8. The minimum absolute atomic E-state index is 0.166. The van der Waals surface area contributed by atoms with Crippen LogP contribution >= 0.6 is 12.2 Å². The first-order valence-electron chi connectivity index (χ1n) is 8.54. The maximum atomic E-state index is 5.60. The van der Waals surface area contributed by atoms with Gasteiger partial charge in [-0.15, -0.1) is 0 Å². The van der Waals surface area contributed by atoms with E-state index in [0.29, 0.717) is 11.2 Å². The molecule has 0 bridgehead atoms. The number of hydrogen-bond acceptors (Lipinski definition) is 2. The van der Waals surface area contributed by atoms with Crippen molar-refractivity contribution in [3.63, 3.8) is 0 Å². The fourth-order valence-electron chi connectivity index (χ4n) is 2.94. The molecule has 1 aliphatic rings. The fraction of sp³-hybridized carbons (Fsp3) is 0.350. The Kier molecular flexibility index (Phi) is 5.83. The molecule has 2 N–H and O–H groups in total. The molecule has 0 unspecified atom stereocenters. The van der Waals surface area contributed by atoms with Crippen molar-refractivity contribution in [1.82, 2.24) is 10.6 Å². The zero-order valence-electron chi connectivity index (χ0n) is 14.0. The predicted molar refractivity (Wildman–Crippen MR) is 103 cm³/mol. The van der Waals surface area contributed by atoms with Gasteiger partial charge in [0.1, 0.15) is 0 Å². The lowest BCUT2D eigenvalue weighted by atomic mass is 10.0. The molecule has 0 radical (unpaired) electrons. The standard InChI is InChI=1S/C20H24N2OS/c1-15(22-20(24)21-14-19-8-5-13-23-19)16-9-11-18(12-10-16)17-6-3-2-4-7-17/h2-4,6-7,9-12,15,19H,5,8,13-14H2,1H3,(H2,21,22,24)/t15-,19+/m1/s1. The van der Waals surface area contributed by atoms with Gasteiger partial charge in [-0.1, -0.05) is 54.6 Å². The topological polar surface area (TPSA) is 33.3 Å². The van der Waals surface area contributed by atoms with Gasteiger partial charge >= 0.3 is 0 Å². The largest absolute Gasteiger partial charge is 0.376 e. The molecule has 0 spiro atoms. The van der Waals surface area contributed by atoms with Gasteiger partial charge in [-0.3, -0.25) is 0 Å². The first kappa shape index (κ1) is 16.9. The molecule has 126 valence electrons. The lowest BCUT2D eigenvalue weighted by Gasteiger charge is -2.19. The van der Waals surface area contributed by atoms with E-state index in [-0.39, 0.29) is 6.04 Å². The number of hydrogen-bond donors (Lipinski definition) is 2. The third-order valence-electron chi connectivity index (χ3n) is 4.38. The Morgan fingerprint density at radius 1 is 1.12 bits per heavy atom. The summed E-state index contributed by atoms with van der Waals surface area (Å²) in [6, 6.07) is 19.2. The van der Waals surface area contributed by atoms with Crippen LogP contribution in [0.1, 0.15) is 31.4 Å². The average Bonchev–Trinajstić information content (AvgIpc) is 3.14. The van der Waals surface area contributed by atoms with E-state index in [0.717, 1.165) is 26.0 Å². The van der Waals surface area contributed by atoms with Crippen molar-refractivity contribution in [2.75, 3.05) is 13.2 Å². The Labute approximate surface area is 149 Å². The summed E-state index contributed by atoms with van der Waals surface area (Å²) in [5.41, 5.74) is 3.68. The summed E-state index contributed by atoms with van der Waals surface area (Å²) in [5.74, 6) is 0. The normalized spacial score (nSPS) is 18.1. The van der Waals surface area contributed by atoms with Crippen LogP contribution in [-0.4, -0.2) is 24.4 Å². The van der Waals surface area contributed by atoms with Gasteiger partial charge in [-0.05, 0) is 48.7 Å². The maximum absolute atomic E-state index is 5.60. The minimum Gasteiger partial charge on any atom is -0.376 e. The van der Waals surface area contributed by atoms with Crippen LogP contribution in [0.5, 0.6) is 0 Å². The molecule has 4 heteroatoms. The third kappa shape index (κ3) is 4.56. The van der Waals surface area contributed by atoms with Crippen molar-refractivity contribution >= 4 is 17.3 Å². The van der Waals surface area contributed by atoms with Gasteiger partial charge < -0.3 is 15.4 Å². The van der Waals surface area contributed by atoms with Crippen LogP contribution in [0.15, 0.2) is 54.6 Å². The molecule has 3 rings (SSSR count). The Balaban J connectivity index is 1.52. The van der Waals surface area contributed by atoms with Crippen molar-refractivity contribution < 1.29 is 4.74 Å². The van der Waals surface area contributed by atoms with E-state index >= 15 is 0 Å². The Hall–Kier alpha value is -1.91. The van der Waals surface area contributed by atoms with Crippen LogP contribution in [0.4, 0.5) is 0 Å². The van der Waals surface area contributed by atoms with Crippen LogP contribution in [0.2, 0.25) is 0 Å². The first-order chi connectivity index (χ1) is 11.7. The van der Waals surface area contributed by atoms with E-state index in [4.69, 9.17) is 17.0 Å². The molecule has 2 atom stereocenters. The highest BCUT2D eigenvalue weighted by atomic mass is 32.1. The van der Waals surface area contributed by atoms with Gasteiger partial charge in [0.25, 0.3) is 0 Å². The molecule has 2 aromatic rings. The summed E-state index contributed by atoms with van der Waals surface area (Å²) in [6.45, 7) is 3.78. The highest BCUT2D eigenvalue weighted by Crippen LogP contribution is 2.21. The van der Waals surface area contributed by atoms with Crippen LogP contribution in [0.3, 0.4) is 0 Å². The minimum atomic E-state index is 0.166. The van der Waals surface area contributed by atoms with Gasteiger partial charge in [-0.25, -0.2) is 0 Å².